The molecule has 0 radical (unpaired) electrons. The maximum atomic E-state index is 4.32. The first kappa shape index (κ1) is 23.9. The van der Waals surface area contributed by atoms with E-state index in [1.54, 1.807) is 0 Å². The number of likely N-dealkylation sites (tertiary alicyclic amines) is 1. The second-order valence-corrected chi connectivity index (χ2v) is 6.88. The van der Waals surface area contributed by atoms with Crippen LogP contribution in [0.2, 0.25) is 0 Å². The first-order chi connectivity index (χ1) is 11.1. The molecule has 0 bridgehead atoms. The smallest absolute Gasteiger partial charge is 0.191 e. The van der Waals surface area contributed by atoms with E-state index in [0.717, 1.165) is 38.2 Å². The van der Waals surface area contributed by atoms with Gasteiger partial charge in [-0.3, -0.25) is 9.89 Å². The van der Waals surface area contributed by atoms with E-state index < -0.39 is 0 Å². The predicted octanol–water partition coefficient (Wildman–Crippen LogP) is 2.76. The average molecular weight is 453 g/mol. The summed E-state index contributed by atoms with van der Waals surface area (Å²) >= 11 is 0. The molecule has 0 aromatic rings. The minimum absolute atomic E-state index is 0. The molecule has 5 nitrogen and oxygen atoms in total. The number of nitrogens with one attached hydrogen (secondary N) is 2. The fourth-order valence-electron chi connectivity index (χ4n) is 3.30. The zero-order chi connectivity index (χ0) is 17.1. The van der Waals surface area contributed by atoms with Crippen LogP contribution >= 0.6 is 24.0 Å². The van der Waals surface area contributed by atoms with Gasteiger partial charge in [-0.15, -0.1) is 24.0 Å². The highest BCUT2D eigenvalue weighted by Crippen LogP contribution is 2.15. The topological polar surface area (TPSA) is 42.9 Å². The molecule has 24 heavy (non-hydrogen) atoms. The molecule has 1 fully saturated rings. The van der Waals surface area contributed by atoms with Crippen LogP contribution in [0.1, 0.15) is 53.4 Å². The molecule has 0 amide bonds. The van der Waals surface area contributed by atoms with Crippen LogP contribution in [0, 0.1) is 0 Å². The number of piperidine rings is 1. The Hall–Kier alpha value is -0.0800. The molecule has 0 aliphatic carbocycles. The van der Waals surface area contributed by atoms with E-state index in [-0.39, 0.29) is 24.0 Å². The van der Waals surface area contributed by atoms with Gasteiger partial charge in [0, 0.05) is 45.3 Å². The Morgan fingerprint density at radius 1 is 1.25 bits per heavy atom. The van der Waals surface area contributed by atoms with Crippen molar-refractivity contribution in [2.24, 2.45) is 4.99 Å². The van der Waals surface area contributed by atoms with Crippen molar-refractivity contribution in [2.45, 2.75) is 65.5 Å². The van der Waals surface area contributed by atoms with Gasteiger partial charge in [-0.1, -0.05) is 13.3 Å². The number of likely N-dealkylation sites (N-methyl/N-ethyl adjacent to an activating group) is 1. The minimum atomic E-state index is 0. The molecule has 0 saturated carbocycles. The number of nitrogens with zero attached hydrogens (tertiary/aromatic N) is 3. The van der Waals surface area contributed by atoms with Gasteiger partial charge in [-0.25, -0.2) is 0 Å². The monoisotopic (exact) mass is 453 g/mol. The minimum Gasteiger partial charge on any atom is -0.356 e. The van der Waals surface area contributed by atoms with Gasteiger partial charge in [0.05, 0.1) is 0 Å². The average Bonchev–Trinajstić information content (AvgIpc) is 2.54. The van der Waals surface area contributed by atoms with Crippen molar-refractivity contribution in [3.8, 4) is 0 Å². The van der Waals surface area contributed by atoms with Crippen molar-refractivity contribution >= 4 is 29.9 Å². The zero-order valence-corrected chi connectivity index (χ0v) is 18.8. The van der Waals surface area contributed by atoms with Crippen LogP contribution in [0.4, 0.5) is 0 Å². The summed E-state index contributed by atoms with van der Waals surface area (Å²) in [5.41, 5.74) is 0. The van der Waals surface area contributed by atoms with Crippen LogP contribution in [-0.2, 0) is 0 Å². The molecule has 6 heteroatoms. The second-order valence-electron chi connectivity index (χ2n) is 6.88. The summed E-state index contributed by atoms with van der Waals surface area (Å²) in [6.45, 7) is 15.6. The lowest BCUT2D eigenvalue weighted by molar-refractivity contribution is 0.159. The van der Waals surface area contributed by atoms with E-state index in [4.69, 9.17) is 0 Å². The summed E-state index contributed by atoms with van der Waals surface area (Å²) < 4.78 is 0. The fourth-order valence-corrected chi connectivity index (χ4v) is 3.30. The third kappa shape index (κ3) is 9.42. The molecule has 1 rings (SSSR count). The maximum Gasteiger partial charge on any atom is 0.191 e. The number of halogens is 1. The molecule has 1 atom stereocenters. The van der Waals surface area contributed by atoms with Crippen LogP contribution in [0.15, 0.2) is 4.99 Å². The third-order valence-electron chi connectivity index (χ3n) is 4.91. The van der Waals surface area contributed by atoms with Gasteiger partial charge in [-0.2, -0.15) is 0 Å². The van der Waals surface area contributed by atoms with Crippen LogP contribution in [-0.4, -0.2) is 74.2 Å². The molecule has 0 spiro atoms. The van der Waals surface area contributed by atoms with Crippen molar-refractivity contribution < 1.29 is 0 Å². The van der Waals surface area contributed by atoms with Crippen LogP contribution < -0.4 is 10.6 Å². The molecule has 2 N–H and O–H groups in total. The van der Waals surface area contributed by atoms with Gasteiger partial charge in [0.2, 0.25) is 0 Å². The Labute approximate surface area is 167 Å². The van der Waals surface area contributed by atoms with Crippen LogP contribution in [0.25, 0.3) is 0 Å². The highest BCUT2D eigenvalue weighted by molar-refractivity contribution is 14.0. The summed E-state index contributed by atoms with van der Waals surface area (Å²) in [6, 6.07) is 1.36. The molecule has 1 unspecified atom stereocenters. The molecule has 1 saturated heterocycles. The van der Waals surface area contributed by atoms with Crippen LogP contribution in [0.5, 0.6) is 0 Å². The molecule has 144 valence electrons. The van der Waals surface area contributed by atoms with Crippen molar-refractivity contribution in [1.82, 2.24) is 20.4 Å². The van der Waals surface area contributed by atoms with Gasteiger partial charge in [-0.05, 0) is 53.1 Å². The van der Waals surface area contributed by atoms with E-state index in [0.29, 0.717) is 6.04 Å². The predicted molar refractivity (Wildman–Crippen MR) is 117 cm³/mol. The highest BCUT2D eigenvalue weighted by atomic mass is 127. The summed E-state index contributed by atoms with van der Waals surface area (Å²) in [7, 11) is 1.85. The molecule has 1 heterocycles. The molecule has 1 aliphatic rings. The van der Waals surface area contributed by atoms with Crippen LogP contribution in [0.3, 0.4) is 0 Å². The van der Waals surface area contributed by atoms with E-state index in [2.05, 4.69) is 53.1 Å². The standard InChI is InChI=1S/C18H39N5.HI/c1-6-22(16(2)3)15-12-21-18(19-5)20-11-9-14-23-13-8-7-10-17(23)4;/h16-17H,6-15H2,1-5H3,(H2,19,20,21);1H. The normalized spacial score (nSPS) is 19.5. The molecule has 0 aromatic heterocycles. The number of guanidine groups is 1. The van der Waals surface area contributed by atoms with Gasteiger partial charge in [0.15, 0.2) is 5.96 Å². The Morgan fingerprint density at radius 2 is 1.96 bits per heavy atom. The Bertz CT molecular complexity index is 335. The van der Waals surface area contributed by atoms with Crippen molar-refractivity contribution in [2.75, 3.05) is 46.3 Å². The molecule has 0 aromatic carbocycles. The third-order valence-corrected chi connectivity index (χ3v) is 4.91. The van der Waals surface area contributed by atoms with E-state index in [9.17, 15) is 0 Å². The summed E-state index contributed by atoms with van der Waals surface area (Å²) in [5.74, 6) is 0.927. The lowest BCUT2D eigenvalue weighted by Gasteiger charge is -2.33. The van der Waals surface area contributed by atoms with Gasteiger partial charge < -0.3 is 15.5 Å². The Kier molecular flexibility index (Phi) is 14.1. The lowest BCUT2D eigenvalue weighted by Crippen LogP contribution is -2.44. The van der Waals surface area contributed by atoms with Crippen molar-refractivity contribution in [1.29, 1.82) is 0 Å². The molecular weight excluding hydrogens is 413 g/mol. The second kappa shape index (κ2) is 14.1. The van der Waals surface area contributed by atoms with E-state index in [1.807, 2.05) is 7.05 Å². The summed E-state index contributed by atoms with van der Waals surface area (Å²) in [6.07, 6.45) is 5.31. The van der Waals surface area contributed by atoms with Gasteiger partial charge in [0.1, 0.15) is 0 Å². The Morgan fingerprint density at radius 3 is 2.54 bits per heavy atom. The van der Waals surface area contributed by atoms with Crippen molar-refractivity contribution in [3.63, 3.8) is 0 Å². The first-order valence-corrected chi connectivity index (χ1v) is 9.51. The quantitative estimate of drug-likeness (QED) is 0.244. The van der Waals surface area contributed by atoms with E-state index >= 15 is 0 Å². The molecule has 1 aliphatic heterocycles. The largest absolute Gasteiger partial charge is 0.356 e. The number of hydrogen-bond acceptors (Lipinski definition) is 3. The van der Waals surface area contributed by atoms with E-state index in [1.165, 1.54) is 38.8 Å². The molecular formula is C18H40IN5. The maximum absolute atomic E-state index is 4.32. The number of rotatable bonds is 9. The fraction of sp³-hybridized carbons (Fsp3) is 0.944. The first-order valence-electron chi connectivity index (χ1n) is 9.51. The van der Waals surface area contributed by atoms with Crippen molar-refractivity contribution in [3.05, 3.63) is 0 Å². The van der Waals surface area contributed by atoms with Gasteiger partial charge >= 0.3 is 0 Å². The Balaban J connectivity index is 0.00000529. The highest BCUT2D eigenvalue weighted by Gasteiger charge is 2.17. The summed E-state index contributed by atoms with van der Waals surface area (Å²) in [5, 5.41) is 6.86. The SMILES string of the molecule is CCN(CCNC(=NC)NCCCN1CCCCC1C)C(C)C.I. The summed E-state index contributed by atoms with van der Waals surface area (Å²) in [4.78, 5) is 9.40. The number of hydrogen-bond donors (Lipinski definition) is 2. The number of aliphatic imine (C=N–C) groups is 1. The lowest BCUT2D eigenvalue weighted by atomic mass is 10.0. The zero-order valence-electron chi connectivity index (χ0n) is 16.5. The van der Waals surface area contributed by atoms with Gasteiger partial charge in [0.25, 0.3) is 0 Å².